The number of allylic oxidation sites excluding steroid dienone is 4. The van der Waals surface area contributed by atoms with E-state index in [1.807, 2.05) is 12.4 Å². The molecular weight excluding hydrogens is 534 g/mol. The molecule has 3 aromatic heterocycles. The molecule has 0 saturated carbocycles. The molecule has 0 atom stereocenters. The first-order valence-corrected chi connectivity index (χ1v) is 15.3. The van der Waals surface area contributed by atoms with E-state index in [1.165, 1.54) is 66.0 Å². The monoisotopic (exact) mass is 563 g/mol. The van der Waals surface area contributed by atoms with E-state index < -0.39 is 0 Å². The first-order valence-electron chi connectivity index (χ1n) is 15.3. The molecule has 3 heteroatoms. The Morgan fingerprint density at radius 1 is 0.523 bits per heavy atom. The summed E-state index contributed by atoms with van der Waals surface area (Å²) in [7, 11) is 0. The SMILES string of the molecule is C1=CC(n2c3ccc(-c4cccc5c6ccccc6n(-c6ccc(-c7ccccc7)cc6)c45)cc3c3ccncc32)=CCC1. The van der Waals surface area contributed by atoms with Gasteiger partial charge in [-0.05, 0) is 72.0 Å². The van der Waals surface area contributed by atoms with Gasteiger partial charge in [-0.25, -0.2) is 0 Å². The van der Waals surface area contributed by atoms with Gasteiger partial charge >= 0.3 is 0 Å². The maximum atomic E-state index is 4.50. The minimum absolute atomic E-state index is 1.06. The van der Waals surface area contributed by atoms with Crippen LogP contribution in [0.2, 0.25) is 0 Å². The summed E-state index contributed by atoms with van der Waals surface area (Å²) >= 11 is 0. The molecule has 44 heavy (non-hydrogen) atoms. The van der Waals surface area contributed by atoms with Crippen LogP contribution in [-0.4, -0.2) is 14.1 Å². The average molecular weight is 564 g/mol. The van der Waals surface area contributed by atoms with Crippen LogP contribution in [0.3, 0.4) is 0 Å². The Labute approximate surface area is 255 Å². The molecule has 0 N–H and O–H groups in total. The summed E-state index contributed by atoms with van der Waals surface area (Å²) in [6, 6.07) is 44.1. The van der Waals surface area contributed by atoms with Gasteiger partial charge in [-0.2, -0.15) is 0 Å². The average Bonchev–Trinajstić information content (AvgIpc) is 3.62. The molecule has 5 aromatic carbocycles. The summed E-state index contributed by atoms with van der Waals surface area (Å²) in [4.78, 5) is 4.50. The normalized spacial score (nSPS) is 13.3. The maximum Gasteiger partial charge on any atom is 0.0724 e. The Morgan fingerprint density at radius 2 is 1.27 bits per heavy atom. The van der Waals surface area contributed by atoms with Crippen LogP contribution in [0.1, 0.15) is 12.8 Å². The van der Waals surface area contributed by atoms with E-state index in [0.717, 1.165) is 24.0 Å². The van der Waals surface area contributed by atoms with Gasteiger partial charge in [0.15, 0.2) is 0 Å². The molecule has 3 heterocycles. The summed E-state index contributed by atoms with van der Waals surface area (Å²) < 4.78 is 4.80. The highest BCUT2D eigenvalue weighted by atomic mass is 15.0. The van der Waals surface area contributed by atoms with E-state index in [0.29, 0.717) is 0 Å². The van der Waals surface area contributed by atoms with Gasteiger partial charge in [-0.3, -0.25) is 4.98 Å². The highest BCUT2D eigenvalue weighted by Crippen LogP contribution is 2.41. The van der Waals surface area contributed by atoms with E-state index in [1.54, 1.807) is 0 Å². The molecule has 0 amide bonds. The predicted molar refractivity (Wildman–Crippen MR) is 185 cm³/mol. The smallest absolute Gasteiger partial charge is 0.0724 e. The van der Waals surface area contributed by atoms with E-state index in [-0.39, 0.29) is 0 Å². The van der Waals surface area contributed by atoms with Crippen molar-refractivity contribution < 1.29 is 0 Å². The zero-order valence-corrected chi connectivity index (χ0v) is 24.2. The molecule has 0 radical (unpaired) electrons. The minimum atomic E-state index is 1.06. The van der Waals surface area contributed by atoms with Crippen molar-refractivity contribution in [1.29, 1.82) is 0 Å². The Kier molecular flexibility index (Phi) is 5.63. The minimum Gasteiger partial charge on any atom is -0.309 e. The lowest BCUT2D eigenvalue weighted by Gasteiger charge is -2.14. The van der Waals surface area contributed by atoms with Crippen molar-refractivity contribution in [3.8, 4) is 27.9 Å². The number of benzene rings is 5. The van der Waals surface area contributed by atoms with Crippen molar-refractivity contribution in [3.63, 3.8) is 0 Å². The fourth-order valence-corrected chi connectivity index (χ4v) is 7.03. The molecule has 0 bridgehead atoms. The number of aromatic nitrogens is 3. The molecular formula is C41H29N3. The number of para-hydroxylation sites is 2. The maximum absolute atomic E-state index is 4.50. The summed E-state index contributed by atoms with van der Waals surface area (Å²) in [6.07, 6.45) is 12.9. The van der Waals surface area contributed by atoms with Crippen LogP contribution in [0.25, 0.3) is 77.2 Å². The largest absolute Gasteiger partial charge is 0.309 e. The third-order valence-electron chi connectivity index (χ3n) is 9.04. The molecule has 9 rings (SSSR count). The van der Waals surface area contributed by atoms with E-state index in [2.05, 4.69) is 154 Å². The summed E-state index contributed by atoms with van der Waals surface area (Å²) in [5.74, 6) is 0. The van der Waals surface area contributed by atoms with Crippen molar-refractivity contribution in [2.24, 2.45) is 0 Å². The molecule has 0 saturated heterocycles. The third kappa shape index (κ3) is 3.79. The number of nitrogens with zero attached hydrogens (tertiary/aromatic N) is 3. The van der Waals surface area contributed by atoms with Gasteiger partial charge in [0.25, 0.3) is 0 Å². The lowest BCUT2D eigenvalue weighted by Crippen LogP contribution is -1.97. The molecule has 8 aromatic rings. The van der Waals surface area contributed by atoms with Gasteiger partial charge in [-0.15, -0.1) is 0 Å². The van der Waals surface area contributed by atoms with E-state index >= 15 is 0 Å². The molecule has 1 aliphatic carbocycles. The summed E-state index contributed by atoms with van der Waals surface area (Å²) in [5.41, 5.74) is 12.0. The van der Waals surface area contributed by atoms with Crippen LogP contribution >= 0.6 is 0 Å². The Balaban J connectivity index is 1.29. The molecule has 208 valence electrons. The zero-order chi connectivity index (χ0) is 29.0. The molecule has 0 aliphatic heterocycles. The molecule has 0 unspecified atom stereocenters. The Morgan fingerprint density at radius 3 is 2.14 bits per heavy atom. The van der Waals surface area contributed by atoms with E-state index in [9.17, 15) is 0 Å². The van der Waals surface area contributed by atoms with Crippen molar-refractivity contribution in [2.75, 3.05) is 0 Å². The molecule has 0 spiro atoms. The van der Waals surface area contributed by atoms with Crippen LogP contribution in [0, 0.1) is 0 Å². The van der Waals surface area contributed by atoms with E-state index in [4.69, 9.17) is 0 Å². The van der Waals surface area contributed by atoms with Gasteiger partial charge in [-0.1, -0.05) is 97.1 Å². The summed E-state index contributed by atoms with van der Waals surface area (Å²) in [6.45, 7) is 0. The first kappa shape index (κ1) is 24.9. The van der Waals surface area contributed by atoms with Crippen LogP contribution in [0.5, 0.6) is 0 Å². The molecule has 3 nitrogen and oxygen atoms in total. The van der Waals surface area contributed by atoms with Crippen LogP contribution < -0.4 is 0 Å². The van der Waals surface area contributed by atoms with Gasteiger partial charge in [0.2, 0.25) is 0 Å². The van der Waals surface area contributed by atoms with Crippen molar-refractivity contribution in [2.45, 2.75) is 12.8 Å². The fourth-order valence-electron chi connectivity index (χ4n) is 7.03. The second kappa shape index (κ2) is 9.96. The highest BCUT2D eigenvalue weighted by Gasteiger charge is 2.19. The van der Waals surface area contributed by atoms with Gasteiger partial charge < -0.3 is 9.13 Å². The highest BCUT2D eigenvalue weighted by molar-refractivity contribution is 6.16. The lowest BCUT2D eigenvalue weighted by atomic mass is 10.00. The molecule has 0 fully saturated rings. The number of hydrogen-bond acceptors (Lipinski definition) is 1. The van der Waals surface area contributed by atoms with Crippen LogP contribution in [0.4, 0.5) is 0 Å². The second-order valence-corrected chi connectivity index (χ2v) is 11.5. The third-order valence-corrected chi connectivity index (χ3v) is 9.04. The molecule has 1 aliphatic rings. The predicted octanol–water partition coefficient (Wildman–Crippen LogP) is 10.8. The zero-order valence-electron chi connectivity index (χ0n) is 24.2. The van der Waals surface area contributed by atoms with Crippen molar-refractivity contribution in [1.82, 2.24) is 14.1 Å². The van der Waals surface area contributed by atoms with Crippen LogP contribution in [0.15, 0.2) is 152 Å². The van der Waals surface area contributed by atoms with Crippen LogP contribution in [-0.2, 0) is 0 Å². The fraction of sp³-hybridized carbons (Fsp3) is 0.0488. The topological polar surface area (TPSA) is 22.8 Å². The number of rotatable bonds is 4. The van der Waals surface area contributed by atoms with Crippen molar-refractivity contribution >= 4 is 49.3 Å². The number of pyridine rings is 1. The summed E-state index contributed by atoms with van der Waals surface area (Å²) in [5, 5.41) is 4.98. The second-order valence-electron chi connectivity index (χ2n) is 11.5. The Hall–Kier alpha value is -5.67. The number of hydrogen-bond donors (Lipinski definition) is 0. The first-order chi connectivity index (χ1) is 21.8. The standard InChI is InChI=1S/C41H29N3/c1-3-10-28(11-4-1)29-18-21-32(22-19-29)44-38-17-8-7-14-34(38)36-16-9-15-33(41(36)44)30-20-23-39-37(26-30)35-24-25-42-27-40(35)43(39)31-12-5-2-6-13-31/h1,3-5,7-27H,2,6H2. The van der Waals surface area contributed by atoms with Gasteiger partial charge in [0.05, 0.1) is 28.3 Å². The Bertz CT molecular complexity index is 2420. The lowest BCUT2D eigenvalue weighted by molar-refractivity contribution is 1.02. The van der Waals surface area contributed by atoms with Gasteiger partial charge in [0, 0.05) is 44.7 Å². The quantitative estimate of drug-likeness (QED) is 0.209. The van der Waals surface area contributed by atoms with Gasteiger partial charge in [0.1, 0.15) is 0 Å². The van der Waals surface area contributed by atoms with Crippen molar-refractivity contribution in [3.05, 3.63) is 152 Å². The number of fused-ring (bicyclic) bond motifs is 6.